The van der Waals surface area contributed by atoms with Gasteiger partial charge in [-0.25, -0.2) is 8.78 Å². The zero-order chi connectivity index (χ0) is 28.2. The molecule has 0 fully saturated rings. The molecule has 7 nitrogen and oxygen atoms in total. The Bertz CT molecular complexity index is 1550. The number of hydrogen-bond acceptors (Lipinski definition) is 5. The lowest BCUT2D eigenvalue weighted by Gasteiger charge is -2.19. The Kier molecular flexibility index (Phi) is 8.14. The van der Waals surface area contributed by atoms with Crippen molar-refractivity contribution in [3.63, 3.8) is 0 Å². The third-order valence-electron chi connectivity index (χ3n) is 7.13. The lowest BCUT2D eigenvalue weighted by molar-refractivity contribution is -0.114. The molecule has 3 aromatic rings. The van der Waals surface area contributed by atoms with E-state index < -0.39 is 11.6 Å². The standard InChI is InChI=1S/C31H30F2N4O3/c1-2-36(9-10-38)17-20-3-5-22-13-25(14-24(22)11-20)27-15-23(6-8-30(27)39)31(40)35-26-16-34-37(19-26)18-21-4-7-28(32)29(33)12-21/h3-7,11-12,14-16,19,38H,2,8-10,13,17-18H2,1H3,(H,35,40). The molecule has 1 aromatic heterocycles. The minimum absolute atomic E-state index is 0.0321. The highest BCUT2D eigenvalue weighted by atomic mass is 19.2. The molecular weight excluding hydrogens is 514 g/mol. The number of anilines is 1. The van der Waals surface area contributed by atoms with Crippen LogP contribution in [0.2, 0.25) is 0 Å². The molecule has 1 amide bonds. The van der Waals surface area contributed by atoms with E-state index in [0.29, 0.717) is 35.4 Å². The number of allylic oxidation sites excluding steroid dienone is 3. The molecule has 2 aromatic carbocycles. The molecule has 1 heterocycles. The van der Waals surface area contributed by atoms with Crippen LogP contribution in [0.15, 0.2) is 77.7 Å². The smallest absolute Gasteiger partial charge is 0.255 e. The van der Waals surface area contributed by atoms with Crippen LogP contribution < -0.4 is 5.32 Å². The van der Waals surface area contributed by atoms with Gasteiger partial charge >= 0.3 is 0 Å². The molecule has 0 spiro atoms. The number of ketones is 1. The van der Waals surface area contributed by atoms with E-state index in [9.17, 15) is 23.5 Å². The molecule has 2 N–H and O–H groups in total. The Labute approximate surface area is 231 Å². The van der Waals surface area contributed by atoms with Crippen LogP contribution in [0.3, 0.4) is 0 Å². The average Bonchev–Trinajstić information content (AvgIpc) is 3.57. The maximum Gasteiger partial charge on any atom is 0.255 e. The average molecular weight is 545 g/mol. The molecule has 2 aliphatic carbocycles. The number of carbonyl (C=O) groups is 2. The summed E-state index contributed by atoms with van der Waals surface area (Å²) in [6, 6.07) is 9.93. The van der Waals surface area contributed by atoms with Crippen LogP contribution in [0.4, 0.5) is 14.5 Å². The Hall–Kier alpha value is -4.21. The number of halogens is 2. The van der Waals surface area contributed by atoms with Gasteiger partial charge in [0.05, 0.1) is 25.0 Å². The van der Waals surface area contributed by atoms with Crippen molar-refractivity contribution in [2.24, 2.45) is 0 Å². The van der Waals surface area contributed by atoms with Crippen molar-refractivity contribution in [3.05, 3.63) is 112 Å². The van der Waals surface area contributed by atoms with Gasteiger partial charge in [0.1, 0.15) is 0 Å². The second kappa shape index (κ2) is 11.9. The van der Waals surface area contributed by atoms with Crippen molar-refractivity contribution in [1.29, 1.82) is 0 Å². The summed E-state index contributed by atoms with van der Waals surface area (Å²) >= 11 is 0. The summed E-state index contributed by atoms with van der Waals surface area (Å²) in [6.45, 7) is 4.57. The number of fused-ring (bicyclic) bond motifs is 1. The van der Waals surface area contributed by atoms with Crippen LogP contribution in [-0.2, 0) is 29.1 Å². The highest BCUT2D eigenvalue weighted by molar-refractivity contribution is 6.12. The van der Waals surface area contributed by atoms with Crippen LogP contribution >= 0.6 is 0 Å². The number of carbonyl (C=O) groups excluding carboxylic acids is 2. The first-order valence-corrected chi connectivity index (χ1v) is 13.2. The molecule has 0 saturated heterocycles. The normalized spacial score (nSPS) is 14.6. The number of hydrogen-bond donors (Lipinski definition) is 2. The zero-order valence-electron chi connectivity index (χ0n) is 22.2. The summed E-state index contributed by atoms with van der Waals surface area (Å²) in [6.07, 6.45) is 9.12. The van der Waals surface area contributed by atoms with Gasteiger partial charge in [-0.15, -0.1) is 0 Å². The van der Waals surface area contributed by atoms with Crippen LogP contribution in [-0.4, -0.2) is 51.2 Å². The topological polar surface area (TPSA) is 87.5 Å². The number of amides is 1. The molecule has 0 radical (unpaired) electrons. The van der Waals surface area contributed by atoms with Gasteiger partial charge in [-0.05, 0) is 59.0 Å². The van der Waals surface area contributed by atoms with Crippen molar-refractivity contribution in [1.82, 2.24) is 14.7 Å². The van der Waals surface area contributed by atoms with E-state index in [4.69, 9.17) is 0 Å². The molecule has 5 rings (SSSR count). The van der Waals surface area contributed by atoms with Gasteiger partial charge in [-0.1, -0.05) is 43.3 Å². The van der Waals surface area contributed by atoms with Crippen LogP contribution in [0.25, 0.3) is 6.08 Å². The Morgan fingerprint density at radius 2 is 1.95 bits per heavy atom. The maximum atomic E-state index is 13.5. The SMILES string of the molecule is CCN(CCO)Cc1ccc2c(c1)C=C(C1=CC(C(=O)Nc3cnn(Cc4ccc(F)c(F)c4)c3)=CCC1=O)C2. The van der Waals surface area contributed by atoms with Gasteiger partial charge in [-0.3, -0.25) is 19.2 Å². The third-order valence-corrected chi connectivity index (χ3v) is 7.13. The van der Waals surface area contributed by atoms with Gasteiger partial charge in [0, 0.05) is 36.9 Å². The number of rotatable bonds is 10. The monoisotopic (exact) mass is 544 g/mol. The summed E-state index contributed by atoms with van der Waals surface area (Å²) in [5.41, 5.74) is 6.13. The summed E-state index contributed by atoms with van der Waals surface area (Å²) in [7, 11) is 0. The molecule has 40 heavy (non-hydrogen) atoms. The fraction of sp³-hybridized carbons (Fsp3) is 0.258. The fourth-order valence-electron chi connectivity index (χ4n) is 4.98. The molecule has 2 aliphatic rings. The van der Waals surface area contributed by atoms with E-state index in [-0.39, 0.29) is 31.3 Å². The minimum Gasteiger partial charge on any atom is -0.395 e. The van der Waals surface area contributed by atoms with Gasteiger partial charge in [0.2, 0.25) is 0 Å². The van der Waals surface area contributed by atoms with Gasteiger partial charge in [-0.2, -0.15) is 5.10 Å². The number of nitrogens with zero attached hydrogens (tertiary/aromatic N) is 3. The Morgan fingerprint density at radius 1 is 1.12 bits per heavy atom. The second-order valence-electron chi connectivity index (χ2n) is 9.95. The summed E-state index contributed by atoms with van der Waals surface area (Å²) < 4.78 is 28.2. The second-order valence-corrected chi connectivity index (χ2v) is 9.95. The fourth-order valence-corrected chi connectivity index (χ4v) is 4.98. The first-order valence-electron chi connectivity index (χ1n) is 13.2. The Balaban J connectivity index is 1.26. The Morgan fingerprint density at radius 3 is 2.73 bits per heavy atom. The largest absolute Gasteiger partial charge is 0.395 e. The molecular formula is C31H30F2N4O3. The number of likely N-dealkylation sites (N-methyl/N-ethyl adjacent to an activating group) is 1. The van der Waals surface area contributed by atoms with Crippen molar-refractivity contribution in [2.75, 3.05) is 25.0 Å². The van der Waals surface area contributed by atoms with Gasteiger partial charge in [0.15, 0.2) is 17.4 Å². The number of aromatic nitrogens is 2. The van der Waals surface area contributed by atoms with E-state index in [1.807, 2.05) is 6.08 Å². The van der Waals surface area contributed by atoms with Crippen molar-refractivity contribution in [2.45, 2.75) is 32.9 Å². The van der Waals surface area contributed by atoms with Gasteiger partial charge < -0.3 is 10.4 Å². The van der Waals surface area contributed by atoms with E-state index in [1.54, 1.807) is 18.3 Å². The zero-order valence-corrected chi connectivity index (χ0v) is 22.2. The number of benzene rings is 2. The third kappa shape index (κ3) is 6.16. The summed E-state index contributed by atoms with van der Waals surface area (Å²) in [5, 5.41) is 16.3. The predicted octanol–water partition coefficient (Wildman–Crippen LogP) is 4.43. The molecule has 0 bridgehead atoms. The van der Waals surface area contributed by atoms with Gasteiger partial charge in [0.25, 0.3) is 5.91 Å². The van der Waals surface area contributed by atoms with Crippen LogP contribution in [0.5, 0.6) is 0 Å². The molecule has 0 saturated carbocycles. The number of aliphatic hydroxyl groups excluding tert-OH is 1. The summed E-state index contributed by atoms with van der Waals surface area (Å²) in [5.74, 6) is -2.24. The first-order chi connectivity index (χ1) is 19.3. The quantitative estimate of drug-likeness (QED) is 0.395. The number of aliphatic hydroxyl groups is 1. The lowest BCUT2D eigenvalue weighted by Crippen LogP contribution is -2.26. The molecule has 206 valence electrons. The molecule has 9 heteroatoms. The predicted molar refractivity (Wildman–Crippen MR) is 148 cm³/mol. The van der Waals surface area contributed by atoms with E-state index in [2.05, 4.69) is 40.4 Å². The van der Waals surface area contributed by atoms with Crippen LogP contribution in [0.1, 0.15) is 35.6 Å². The highest BCUT2D eigenvalue weighted by Crippen LogP contribution is 2.33. The number of Topliss-reactive ketones (excluding diaryl/α,β-unsaturated/α-hetero) is 1. The number of nitrogens with one attached hydrogen (secondary N) is 1. The van der Waals surface area contributed by atoms with E-state index in [0.717, 1.165) is 47.5 Å². The lowest BCUT2D eigenvalue weighted by atomic mass is 9.91. The summed E-state index contributed by atoms with van der Waals surface area (Å²) in [4.78, 5) is 28.0. The minimum atomic E-state index is -0.929. The molecule has 0 atom stereocenters. The van der Waals surface area contributed by atoms with E-state index in [1.165, 1.54) is 16.9 Å². The van der Waals surface area contributed by atoms with Crippen molar-refractivity contribution < 1.29 is 23.5 Å². The van der Waals surface area contributed by atoms with E-state index >= 15 is 0 Å². The highest BCUT2D eigenvalue weighted by Gasteiger charge is 2.25. The molecule has 0 aliphatic heterocycles. The van der Waals surface area contributed by atoms with Crippen molar-refractivity contribution >= 4 is 23.5 Å². The van der Waals surface area contributed by atoms with Crippen LogP contribution in [0, 0.1) is 11.6 Å². The molecule has 0 unspecified atom stereocenters. The van der Waals surface area contributed by atoms with Crippen molar-refractivity contribution in [3.8, 4) is 0 Å². The maximum absolute atomic E-state index is 13.5. The first kappa shape index (κ1) is 27.4.